The lowest BCUT2D eigenvalue weighted by Gasteiger charge is -2.30. The van der Waals surface area contributed by atoms with Crippen molar-refractivity contribution in [2.45, 2.75) is 31.4 Å². The maximum absolute atomic E-state index is 12.3. The summed E-state index contributed by atoms with van der Waals surface area (Å²) in [5.41, 5.74) is 6.39. The van der Waals surface area contributed by atoms with E-state index in [1.54, 1.807) is 24.1 Å². The van der Waals surface area contributed by atoms with Crippen molar-refractivity contribution in [1.82, 2.24) is 4.90 Å². The van der Waals surface area contributed by atoms with Gasteiger partial charge in [-0.2, -0.15) is 0 Å². The molecule has 0 spiro atoms. The van der Waals surface area contributed by atoms with E-state index in [2.05, 4.69) is 0 Å². The van der Waals surface area contributed by atoms with Crippen LogP contribution in [0.25, 0.3) is 0 Å². The van der Waals surface area contributed by atoms with Gasteiger partial charge in [-0.3, -0.25) is 4.79 Å². The summed E-state index contributed by atoms with van der Waals surface area (Å²) in [7, 11) is 1.77. The van der Waals surface area contributed by atoms with E-state index >= 15 is 0 Å². The Kier molecular flexibility index (Phi) is 4.56. The summed E-state index contributed by atoms with van der Waals surface area (Å²) in [6.07, 6.45) is 2.07. The molecule has 3 N–H and O–H groups in total. The number of hydrogen-bond donors (Lipinski definition) is 2. The molecule has 4 nitrogen and oxygen atoms in total. The first-order chi connectivity index (χ1) is 9.15. The summed E-state index contributed by atoms with van der Waals surface area (Å²) in [4.78, 5) is 14.0. The summed E-state index contributed by atoms with van der Waals surface area (Å²) in [6, 6.07) is 9.22. The zero-order valence-corrected chi connectivity index (χ0v) is 11.3. The summed E-state index contributed by atoms with van der Waals surface area (Å²) in [5, 5.41) is 10.2. The van der Waals surface area contributed by atoms with Gasteiger partial charge in [0.15, 0.2) is 6.10 Å². The molecule has 2 rings (SSSR count). The van der Waals surface area contributed by atoms with Crippen LogP contribution >= 0.6 is 0 Å². The molecular formula is C15H22N2O2. The number of rotatable bonds is 4. The van der Waals surface area contributed by atoms with Crippen LogP contribution in [0.4, 0.5) is 0 Å². The molecule has 19 heavy (non-hydrogen) atoms. The van der Waals surface area contributed by atoms with E-state index in [-0.39, 0.29) is 11.9 Å². The van der Waals surface area contributed by atoms with Crippen LogP contribution in [0.3, 0.4) is 0 Å². The molecule has 0 heterocycles. The number of hydrogen-bond acceptors (Lipinski definition) is 3. The fourth-order valence-corrected chi connectivity index (χ4v) is 2.94. The first kappa shape index (κ1) is 14.0. The zero-order valence-electron chi connectivity index (χ0n) is 11.3. The van der Waals surface area contributed by atoms with Gasteiger partial charge >= 0.3 is 0 Å². The number of amides is 1. The molecule has 0 aromatic heterocycles. The van der Waals surface area contributed by atoms with Crippen molar-refractivity contribution in [2.75, 3.05) is 13.6 Å². The molecule has 4 heteroatoms. The van der Waals surface area contributed by atoms with E-state index in [9.17, 15) is 9.90 Å². The molecule has 1 aromatic carbocycles. The number of likely N-dealkylation sites (N-methyl/N-ethyl adjacent to an activating group) is 1. The van der Waals surface area contributed by atoms with Gasteiger partial charge in [0, 0.05) is 13.1 Å². The Hall–Kier alpha value is -1.39. The number of carbonyl (C=O) groups excluding carboxylic acids is 1. The Labute approximate surface area is 114 Å². The molecule has 0 radical (unpaired) electrons. The highest BCUT2D eigenvalue weighted by Gasteiger charge is 2.34. The molecule has 0 aliphatic heterocycles. The topological polar surface area (TPSA) is 66.6 Å². The summed E-state index contributed by atoms with van der Waals surface area (Å²) < 4.78 is 0. The molecule has 1 fully saturated rings. The molecule has 0 saturated heterocycles. The minimum atomic E-state index is -1.08. The van der Waals surface area contributed by atoms with Gasteiger partial charge in [0.2, 0.25) is 0 Å². The lowest BCUT2D eigenvalue weighted by Crippen LogP contribution is -2.43. The molecule has 104 valence electrons. The van der Waals surface area contributed by atoms with Crippen LogP contribution < -0.4 is 5.73 Å². The van der Waals surface area contributed by atoms with Crippen molar-refractivity contribution in [3.8, 4) is 0 Å². The highest BCUT2D eigenvalue weighted by atomic mass is 16.3. The smallest absolute Gasteiger partial charge is 0.256 e. The van der Waals surface area contributed by atoms with E-state index in [1.807, 2.05) is 18.2 Å². The monoisotopic (exact) mass is 262 g/mol. The fraction of sp³-hybridized carbons (Fsp3) is 0.533. The Bertz CT molecular complexity index is 421. The second-order valence-electron chi connectivity index (χ2n) is 5.26. The van der Waals surface area contributed by atoms with Gasteiger partial charge in [-0.1, -0.05) is 36.8 Å². The molecule has 0 bridgehead atoms. The van der Waals surface area contributed by atoms with E-state index in [4.69, 9.17) is 5.73 Å². The Morgan fingerprint density at radius 1 is 1.42 bits per heavy atom. The van der Waals surface area contributed by atoms with Gasteiger partial charge in [0.25, 0.3) is 5.91 Å². The highest BCUT2D eigenvalue weighted by Crippen LogP contribution is 2.30. The third-order valence-electron chi connectivity index (χ3n) is 4.12. The Morgan fingerprint density at radius 2 is 2.11 bits per heavy atom. The van der Waals surface area contributed by atoms with Crippen molar-refractivity contribution >= 4 is 5.91 Å². The Balaban J connectivity index is 2.07. The first-order valence-corrected chi connectivity index (χ1v) is 6.85. The number of aliphatic hydroxyl groups excluding tert-OH is 1. The predicted molar refractivity (Wildman–Crippen MR) is 74.4 cm³/mol. The lowest BCUT2D eigenvalue weighted by molar-refractivity contribution is -0.142. The third-order valence-corrected chi connectivity index (χ3v) is 4.12. The van der Waals surface area contributed by atoms with Crippen molar-refractivity contribution in [3.05, 3.63) is 35.9 Å². The average Bonchev–Trinajstić information content (AvgIpc) is 2.94. The first-order valence-electron chi connectivity index (χ1n) is 6.85. The normalized spacial score (nSPS) is 24.2. The molecule has 1 amide bonds. The molecular weight excluding hydrogens is 240 g/mol. The van der Waals surface area contributed by atoms with Crippen LogP contribution in [0.15, 0.2) is 30.3 Å². The molecule has 1 aliphatic carbocycles. The maximum atomic E-state index is 12.3. The van der Waals surface area contributed by atoms with Crippen molar-refractivity contribution in [3.63, 3.8) is 0 Å². The van der Waals surface area contributed by atoms with Crippen LogP contribution in [0.1, 0.15) is 30.9 Å². The molecule has 3 atom stereocenters. The minimum Gasteiger partial charge on any atom is -0.378 e. The number of carbonyl (C=O) groups is 1. The quantitative estimate of drug-likeness (QED) is 0.859. The molecule has 1 aromatic rings. The van der Waals surface area contributed by atoms with Crippen molar-refractivity contribution in [2.24, 2.45) is 11.7 Å². The van der Waals surface area contributed by atoms with Crippen molar-refractivity contribution < 1.29 is 9.90 Å². The second kappa shape index (κ2) is 6.17. The van der Waals surface area contributed by atoms with Crippen LogP contribution in [-0.4, -0.2) is 35.5 Å². The fourth-order valence-electron chi connectivity index (χ4n) is 2.94. The summed E-state index contributed by atoms with van der Waals surface area (Å²) in [6.45, 7) is 0.601. The minimum absolute atomic E-state index is 0.163. The zero-order chi connectivity index (χ0) is 13.8. The van der Waals surface area contributed by atoms with Gasteiger partial charge in [-0.25, -0.2) is 0 Å². The number of aliphatic hydroxyl groups is 1. The largest absolute Gasteiger partial charge is 0.378 e. The Morgan fingerprint density at radius 3 is 2.74 bits per heavy atom. The van der Waals surface area contributed by atoms with Gasteiger partial charge in [-0.05, 0) is 30.9 Å². The summed E-state index contributed by atoms with van der Waals surface area (Å²) in [5.74, 6) is 0.119. The summed E-state index contributed by atoms with van der Waals surface area (Å²) >= 11 is 0. The van der Waals surface area contributed by atoms with Gasteiger partial charge in [-0.15, -0.1) is 0 Å². The van der Waals surface area contributed by atoms with Gasteiger partial charge in [0.05, 0.1) is 0 Å². The maximum Gasteiger partial charge on any atom is 0.256 e. The molecule has 1 saturated carbocycles. The van der Waals surface area contributed by atoms with E-state index in [1.165, 1.54) is 0 Å². The number of benzene rings is 1. The van der Waals surface area contributed by atoms with Crippen LogP contribution in [0, 0.1) is 5.92 Å². The molecule has 3 unspecified atom stereocenters. The number of nitrogens with two attached hydrogens (primary N) is 1. The highest BCUT2D eigenvalue weighted by molar-refractivity contribution is 5.82. The SMILES string of the molecule is CN(C(=O)C(O)c1ccccc1)C1CCCC1CN. The predicted octanol–water partition coefficient (Wildman–Crippen LogP) is 1.31. The van der Waals surface area contributed by atoms with Crippen LogP contribution in [0.2, 0.25) is 0 Å². The van der Waals surface area contributed by atoms with E-state index in [0.29, 0.717) is 18.0 Å². The van der Waals surface area contributed by atoms with Gasteiger partial charge in [0.1, 0.15) is 0 Å². The van der Waals surface area contributed by atoms with Crippen LogP contribution in [0.5, 0.6) is 0 Å². The van der Waals surface area contributed by atoms with E-state index in [0.717, 1.165) is 19.3 Å². The second-order valence-corrected chi connectivity index (χ2v) is 5.26. The van der Waals surface area contributed by atoms with Crippen LogP contribution in [-0.2, 0) is 4.79 Å². The van der Waals surface area contributed by atoms with Gasteiger partial charge < -0.3 is 15.7 Å². The standard InChI is InChI=1S/C15H22N2O2/c1-17(13-9-5-8-12(13)10-16)15(19)14(18)11-6-3-2-4-7-11/h2-4,6-7,12-14,18H,5,8-10,16H2,1H3. The number of nitrogens with zero attached hydrogens (tertiary/aromatic N) is 1. The lowest BCUT2D eigenvalue weighted by atomic mass is 10.0. The molecule has 1 aliphatic rings. The van der Waals surface area contributed by atoms with E-state index < -0.39 is 6.10 Å². The third kappa shape index (κ3) is 2.96. The average molecular weight is 262 g/mol. The van der Waals surface area contributed by atoms with Crippen molar-refractivity contribution in [1.29, 1.82) is 0 Å².